The molecule has 1 fully saturated rings. The third kappa shape index (κ3) is 8.45. The molecule has 4 atom stereocenters. The fraction of sp³-hybridized carbons (Fsp3) is 0.700. The van der Waals surface area contributed by atoms with Crippen LogP contribution in [0.1, 0.15) is 64.7 Å². The standard InChI is InChI=1S/C20H32O5/c1-2-3-4-5-6-7-9-15(21)12-13-17-16(10-8-11-20(24)25)18(22)14-19(17)23/h6-7,12-13,15-17,19,21,23H,2-5,8-11,14H2,1H3,(H,24,25)/b7-6-,13-12+/t15-,16+,17-,19-/m1/s1. The monoisotopic (exact) mass is 352 g/mol. The van der Waals surface area contributed by atoms with Crippen LogP contribution in [0.3, 0.4) is 0 Å². The third-order valence-electron chi connectivity index (χ3n) is 4.71. The van der Waals surface area contributed by atoms with Gasteiger partial charge in [0.2, 0.25) is 0 Å². The number of unbranched alkanes of at least 4 members (excludes halogenated alkanes) is 3. The normalized spacial score (nSPS) is 25.2. The zero-order valence-electron chi connectivity index (χ0n) is 15.1. The van der Waals surface area contributed by atoms with E-state index in [1.165, 1.54) is 12.8 Å². The molecule has 0 bridgehead atoms. The van der Waals surface area contributed by atoms with Crippen LogP contribution in [-0.2, 0) is 9.59 Å². The minimum absolute atomic E-state index is 0.0159. The summed E-state index contributed by atoms with van der Waals surface area (Å²) in [4.78, 5) is 22.6. The molecule has 0 radical (unpaired) electrons. The van der Waals surface area contributed by atoms with E-state index >= 15 is 0 Å². The molecule has 142 valence electrons. The summed E-state index contributed by atoms with van der Waals surface area (Å²) in [6, 6.07) is 0. The van der Waals surface area contributed by atoms with Gasteiger partial charge in [-0.15, -0.1) is 0 Å². The zero-order valence-corrected chi connectivity index (χ0v) is 15.1. The minimum atomic E-state index is -0.876. The number of carboxylic acids is 1. The molecule has 5 nitrogen and oxygen atoms in total. The van der Waals surface area contributed by atoms with Gasteiger partial charge >= 0.3 is 5.97 Å². The van der Waals surface area contributed by atoms with Crippen molar-refractivity contribution >= 4 is 11.8 Å². The number of rotatable bonds is 12. The van der Waals surface area contributed by atoms with Gasteiger partial charge < -0.3 is 15.3 Å². The van der Waals surface area contributed by atoms with Gasteiger partial charge in [0, 0.05) is 24.7 Å². The zero-order chi connectivity index (χ0) is 18.7. The number of allylic oxidation sites excluding steroid dienone is 1. The molecule has 25 heavy (non-hydrogen) atoms. The average molecular weight is 352 g/mol. The Bertz CT molecular complexity index is 469. The molecule has 1 rings (SSSR count). The molecular formula is C20H32O5. The van der Waals surface area contributed by atoms with Crippen molar-refractivity contribution in [1.82, 2.24) is 0 Å². The summed E-state index contributed by atoms with van der Waals surface area (Å²) in [5, 5.41) is 28.8. The Kier molecular flexibility index (Phi) is 10.3. The van der Waals surface area contributed by atoms with Crippen LogP contribution in [0, 0.1) is 11.8 Å². The van der Waals surface area contributed by atoms with Crippen LogP contribution in [0.4, 0.5) is 0 Å². The van der Waals surface area contributed by atoms with E-state index in [-0.39, 0.29) is 30.5 Å². The van der Waals surface area contributed by atoms with E-state index in [0.29, 0.717) is 19.3 Å². The maximum absolute atomic E-state index is 12.0. The van der Waals surface area contributed by atoms with Crippen LogP contribution in [0.15, 0.2) is 24.3 Å². The SMILES string of the molecule is CCCCC/C=C\C[C@@H](O)/C=C/[C@H]1[C@H](O)CC(=O)[C@H]1CCCC(=O)O. The largest absolute Gasteiger partial charge is 0.481 e. The predicted molar refractivity (Wildman–Crippen MR) is 97.1 cm³/mol. The first-order valence-corrected chi connectivity index (χ1v) is 9.39. The molecule has 0 aliphatic heterocycles. The number of Topliss-reactive ketones (excluding diaryl/α,β-unsaturated/α-hetero) is 1. The third-order valence-corrected chi connectivity index (χ3v) is 4.71. The Morgan fingerprint density at radius 3 is 2.72 bits per heavy atom. The van der Waals surface area contributed by atoms with Gasteiger partial charge in [0.1, 0.15) is 5.78 Å². The van der Waals surface area contributed by atoms with Crippen LogP contribution in [0.5, 0.6) is 0 Å². The topological polar surface area (TPSA) is 94.8 Å². The predicted octanol–water partition coefficient (Wildman–Crippen LogP) is 3.25. The van der Waals surface area contributed by atoms with Crippen molar-refractivity contribution in [3.8, 4) is 0 Å². The molecule has 3 N–H and O–H groups in total. The van der Waals surface area contributed by atoms with Crippen LogP contribution in [0.2, 0.25) is 0 Å². The highest BCUT2D eigenvalue weighted by Crippen LogP contribution is 2.34. The second-order valence-electron chi connectivity index (χ2n) is 6.86. The molecule has 1 aliphatic rings. The molecule has 5 heteroatoms. The van der Waals surface area contributed by atoms with E-state index in [0.717, 1.165) is 12.8 Å². The van der Waals surface area contributed by atoms with Gasteiger partial charge in [-0.1, -0.05) is 44.1 Å². The molecule has 0 spiro atoms. The first-order chi connectivity index (χ1) is 12.0. The van der Waals surface area contributed by atoms with Crippen molar-refractivity contribution in [2.45, 2.75) is 76.9 Å². The first kappa shape index (κ1) is 21.6. The van der Waals surface area contributed by atoms with Crippen molar-refractivity contribution in [2.24, 2.45) is 11.8 Å². The van der Waals surface area contributed by atoms with Gasteiger partial charge in [-0.3, -0.25) is 9.59 Å². The number of carbonyl (C=O) groups is 2. The van der Waals surface area contributed by atoms with Crippen LogP contribution in [-0.4, -0.2) is 39.3 Å². The van der Waals surface area contributed by atoms with E-state index in [1.807, 2.05) is 6.08 Å². The lowest BCUT2D eigenvalue weighted by atomic mass is 9.89. The molecule has 0 amide bonds. The fourth-order valence-corrected chi connectivity index (χ4v) is 3.27. The summed E-state index contributed by atoms with van der Waals surface area (Å²) < 4.78 is 0. The first-order valence-electron chi connectivity index (χ1n) is 9.39. The number of hydrogen-bond donors (Lipinski definition) is 3. The van der Waals surface area contributed by atoms with E-state index in [2.05, 4.69) is 13.0 Å². The summed E-state index contributed by atoms with van der Waals surface area (Å²) in [7, 11) is 0. The quantitative estimate of drug-likeness (QED) is 0.370. The van der Waals surface area contributed by atoms with Crippen molar-refractivity contribution in [3.05, 3.63) is 24.3 Å². The summed E-state index contributed by atoms with van der Waals surface area (Å²) in [5.41, 5.74) is 0. The number of carbonyl (C=O) groups excluding carboxylic acids is 1. The number of hydrogen-bond acceptors (Lipinski definition) is 4. The Hall–Kier alpha value is -1.46. The van der Waals surface area contributed by atoms with Crippen LogP contribution in [0.25, 0.3) is 0 Å². The van der Waals surface area contributed by atoms with E-state index in [4.69, 9.17) is 5.11 Å². The number of aliphatic hydroxyl groups excluding tert-OH is 2. The Balaban J connectivity index is 2.45. The maximum atomic E-state index is 12.0. The molecule has 0 unspecified atom stereocenters. The Labute approximate surface area is 150 Å². The molecule has 1 saturated carbocycles. The van der Waals surface area contributed by atoms with Gasteiger partial charge in [-0.05, 0) is 32.1 Å². The number of ketones is 1. The van der Waals surface area contributed by atoms with Gasteiger partial charge in [0.25, 0.3) is 0 Å². The van der Waals surface area contributed by atoms with E-state index in [9.17, 15) is 19.8 Å². The molecule has 0 heterocycles. The van der Waals surface area contributed by atoms with Crippen molar-refractivity contribution in [3.63, 3.8) is 0 Å². The van der Waals surface area contributed by atoms with Gasteiger partial charge in [-0.2, -0.15) is 0 Å². The second kappa shape index (κ2) is 12.0. The Morgan fingerprint density at radius 2 is 2.04 bits per heavy atom. The highest BCUT2D eigenvalue weighted by Gasteiger charge is 2.39. The van der Waals surface area contributed by atoms with Crippen molar-refractivity contribution in [2.75, 3.05) is 0 Å². The summed E-state index contributed by atoms with van der Waals surface area (Å²) in [6.07, 6.45) is 12.2. The smallest absolute Gasteiger partial charge is 0.303 e. The fourth-order valence-electron chi connectivity index (χ4n) is 3.27. The Morgan fingerprint density at radius 1 is 1.28 bits per heavy atom. The summed E-state index contributed by atoms with van der Waals surface area (Å²) in [5.74, 6) is -1.57. The molecule has 1 aliphatic carbocycles. The lowest BCUT2D eigenvalue weighted by Crippen LogP contribution is -2.19. The lowest BCUT2D eigenvalue weighted by Gasteiger charge is -2.17. The number of aliphatic carboxylic acids is 1. The molecule has 0 aromatic rings. The molecule has 0 aromatic carbocycles. The maximum Gasteiger partial charge on any atom is 0.303 e. The lowest BCUT2D eigenvalue weighted by molar-refractivity contribution is -0.137. The summed E-state index contributed by atoms with van der Waals surface area (Å²) >= 11 is 0. The van der Waals surface area contributed by atoms with E-state index < -0.39 is 18.2 Å². The van der Waals surface area contributed by atoms with Gasteiger partial charge in [0.05, 0.1) is 12.2 Å². The van der Waals surface area contributed by atoms with E-state index in [1.54, 1.807) is 12.2 Å². The van der Waals surface area contributed by atoms with Crippen molar-refractivity contribution < 1.29 is 24.9 Å². The summed E-state index contributed by atoms with van der Waals surface area (Å²) in [6.45, 7) is 2.16. The highest BCUT2D eigenvalue weighted by molar-refractivity contribution is 5.84. The molecule has 0 aromatic heterocycles. The minimum Gasteiger partial charge on any atom is -0.481 e. The number of carboxylic acid groups (broad SMARTS) is 1. The molecular weight excluding hydrogens is 320 g/mol. The van der Waals surface area contributed by atoms with Crippen LogP contribution < -0.4 is 0 Å². The second-order valence-corrected chi connectivity index (χ2v) is 6.86. The highest BCUT2D eigenvalue weighted by atomic mass is 16.4. The molecule has 0 saturated heterocycles. The van der Waals surface area contributed by atoms with Crippen LogP contribution >= 0.6 is 0 Å². The van der Waals surface area contributed by atoms with Gasteiger partial charge in [-0.25, -0.2) is 0 Å². The average Bonchev–Trinajstić information content (AvgIpc) is 2.82. The van der Waals surface area contributed by atoms with Gasteiger partial charge in [0.15, 0.2) is 0 Å². The van der Waals surface area contributed by atoms with Crippen molar-refractivity contribution in [1.29, 1.82) is 0 Å². The number of aliphatic hydroxyl groups is 2.